The Kier molecular flexibility index (Phi) is 5.72. The number of rotatable bonds is 6. The number of hydrogen-bond donors (Lipinski definition) is 1. The van der Waals surface area contributed by atoms with E-state index in [2.05, 4.69) is 9.88 Å². The zero-order valence-electron chi connectivity index (χ0n) is 13.1. The van der Waals surface area contributed by atoms with Gasteiger partial charge in [0.1, 0.15) is 0 Å². The average molecular weight is 311 g/mol. The summed E-state index contributed by atoms with van der Waals surface area (Å²) in [6, 6.07) is 0. The third-order valence-corrected chi connectivity index (χ3v) is 5.17. The first-order chi connectivity index (χ1) is 10.0. The number of carbonyl (C=O) groups is 1. The molecule has 1 aromatic rings. The third-order valence-electron chi connectivity index (χ3n) is 4.17. The summed E-state index contributed by atoms with van der Waals surface area (Å²) < 4.78 is 0. The number of carbonyl (C=O) groups excluding carboxylic acids is 1. The fraction of sp³-hybridized carbons (Fsp3) is 0.733. The molecule has 2 heterocycles. The molecule has 6 heteroatoms. The topological polar surface area (TPSA) is 56.7 Å². The monoisotopic (exact) mass is 311 g/mol. The van der Waals surface area contributed by atoms with E-state index in [0.717, 1.165) is 25.2 Å². The van der Waals surface area contributed by atoms with Gasteiger partial charge in [0.15, 0.2) is 0 Å². The summed E-state index contributed by atoms with van der Waals surface area (Å²) in [5.74, 6) is 0.781. The number of aromatic nitrogens is 1. The summed E-state index contributed by atoms with van der Waals surface area (Å²) >= 11 is 1.62. The lowest BCUT2D eigenvalue weighted by molar-refractivity contribution is -0.130. The van der Waals surface area contributed by atoms with Gasteiger partial charge in [-0.1, -0.05) is 0 Å². The standard InChI is InChI=1S/C15H25N3O2S/c1-11-14(21-10-16-11)4-5-15(20)18-7-12(6-17(2)3)13(8-18)9-19/h10,12-13,19H,4-9H2,1-3H3/t12-,13-/m1/s1. The maximum absolute atomic E-state index is 12.4. The Bertz CT molecular complexity index is 475. The molecule has 0 unspecified atom stereocenters. The first-order valence-corrected chi connectivity index (χ1v) is 8.31. The molecular weight excluding hydrogens is 286 g/mol. The number of nitrogens with zero attached hydrogens (tertiary/aromatic N) is 3. The minimum absolute atomic E-state index is 0.163. The van der Waals surface area contributed by atoms with Crippen LogP contribution in [0.1, 0.15) is 17.0 Å². The maximum atomic E-state index is 12.4. The Labute approximate surface area is 130 Å². The van der Waals surface area contributed by atoms with E-state index in [1.165, 1.54) is 4.88 Å². The van der Waals surface area contributed by atoms with Crippen LogP contribution in [0.25, 0.3) is 0 Å². The highest BCUT2D eigenvalue weighted by atomic mass is 32.1. The summed E-state index contributed by atoms with van der Waals surface area (Å²) in [6.45, 7) is 4.53. The van der Waals surface area contributed by atoms with Crippen LogP contribution in [0.5, 0.6) is 0 Å². The second-order valence-electron chi connectivity index (χ2n) is 6.12. The van der Waals surface area contributed by atoms with Crippen molar-refractivity contribution in [1.29, 1.82) is 0 Å². The first-order valence-electron chi connectivity index (χ1n) is 7.43. The number of aliphatic hydroxyl groups is 1. The molecule has 0 aliphatic carbocycles. The van der Waals surface area contributed by atoms with Gasteiger partial charge < -0.3 is 14.9 Å². The molecule has 1 saturated heterocycles. The van der Waals surface area contributed by atoms with Gasteiger partial charge in [0, 0.05) is 43.5 Å². The Balaban J connectivity index is 1.87. The summed E-state index contributed by atoms with van der Waals surface area (Å²) in [5.41, 5.74) is 2.87. The van der Waals surface area contributed by atoms with Gasteiger partial charge in [0.2, 0.25) is 5.91 Å². The van der Waals surface area contributed by atoms with Crippen LogP contribution in [0, 0.1) is 18.8 Å². The highest BCUT2D eigenvalue weighted by Gasteiger charge is 2.34. The van der Waals surface area contributed by atoms with Crippen molar-refractivity contribution in [3.63, 3.8) is 0 Å². The highest BCUT2D eigenvalue weighted by molar-refractivity contribution is 7.09. The minimum Gasteiger partial charge on any atom is -0.396 e. The van der Waals surface area contributed by atoms with Crippen LogP contribution in [-0.2, 0) is 11.2 Å². The fourth-order valence-electron chi connectivity index (χ4n) is 2.97. The van der Waals surface area contributed by atoms with E-state index < -0.39 is 0 Å². The summed E-state index contributed by atoms with van der Waals surface area (Å²) in [4.78, 5) is 21.8. The predicted molar refractivity (Wildman–Crippen MR) is 84.4 cm³/mol. The van der Waals surface area contributed by atoms with Crippen LogP contribution in [0.3, 0.4) is 0 Å². The number of hydrogen-bond acceptors (Lipinski definition) is 5. The molecule has 2 atom stereocenters. The molecule has 1 aliphatic heterocycles. The quantitative estimate of drug-likeness (QED) is 0.852. The highest BCUT2D eigenvalue weighted by Crippen LogP contribution is 2.25. The number of likely N-dealkylation sites (tertiary alicyclic amines) is 1. The van der Waals surface area contributed by atoms with Gasteiger partial charge in [-0.3, -0.25) is 4.79 Å². The third kappa shape index (κ3) is 4.25. The normalized spacial score (nSPS) is 22.2. The van der Waals surface area contributed by atoms with Crippen molar-refractivity contribution >= 4 is 17.2 Å². The molecule has 0 aromatic carbocycles. The van der Waals surface area contributed by atoms with Crippen molar-refractivity contribution < 1.29 is 9.90 Å². The summed E-state index contributed by atoms with van der Waals surface area (Å²) in [7, 11) is 4.07. The van der Waals surface area contributed by atoms with Gasteiger partial charge in [-0.2, -0.15) is 0 Å². The van der Waals surface area contributed by atoms with Gasteiger partial charge in [0.05, 0.1) is 11.2 Å². The van der Waals surface area contributed by atoms with E-state index in [0.29, 0.717) is 18.9 Å². The maximum Gasteiger partial charge on any atom is 0.222 e. The van der Waals surface area contributed by atoms with Crippen molar-refractivity contribution in [3.8, 4) is 0 Å². The summed E-state index contributed by atoms with van der Waals surface area (Å²) in [5, 5.41) is 9.50. The van der Waals surface area contributed by atoms with Crippen LogP contribution in [0.4, 0.5) is 0 Å². The molecule has 0 bridgehead atoms. The van der Waals surface area contributed by atoms with Gasteiger partial charge >= 0.3 is 0 Å². The molecule has 2 rings (SSSR count). The van der Waals surface area contributed by atoms with Crippen LogP contribution < -0.4 is 0 Å². The van der Waals surface area contributed by atoms with Crippen LogP contribution >= 0.6 is 11.3 Å². The molecule has 0 radical (unpaired) electrons. The largest absolute Gasteiger partial charge is 0.396 e. The molecule has 1 aliphatic rings. The van der Waals surface area contributed by atoms with Gasteiger partial charge in [-0.05, 0) is 33.4 Å². The SMILES string of the molecule is Cc1ncsc1CCC(=O)N1C[C@@H](CN(C)C)[C@@H](CO)C1. The number of thiazole rings is 1. The van der Waals surface area contributed by atoms with Crippen molar-refractivity contribution in [3.05, 3.63) is 16.1 Å². The average Bonchev–Trinajstić information content (AvgIpc) is 3.02. The first kappa shape index (κ1) is 16.4. The minimum atomic E-state index is 0.163. The molecule has 5 nitrogen and oxygen atoms in total. The second-order valence-corrected chi connectivity index (χ2v) is 7.06. The van der Waals surface area contributed by atoms with Crippen LogP contribution in [0.2, 0.25) is 0 Å². The molecule has 0 saturated carbocycles. The molecular formula is C15H25N3O2S. The van der Waals surface area contributed by atoms with E-state index >= 15 is 0 Å². The number of aryl methyl sites for hydroxylation is 2. The number of aliphatic hydroxyl groups excluding tert-OH is 1. The van der Waals surface area contributed by atoms with E-state index in [1.54, 1.807) is 11.3 Å². The van der Waals surface area contributed by atoms with Gasteiger partial charge in [-0.25, -0.2) is 4.98 Å². The van der Waals surface area contributed by atoms with E-state index in [-0.39, 0.29) is 18.4 Å². The molecule has 0 spiro atoms. The smallest absolute Gasteiger partial charge is 0.222 e. The van der Waals surface area contributed by atoms with E-state index in [4.69, 9.17) is 0 Å². The Hall–Kier alpha value is -0.980. The van der Waals surface area contributed by atoms with Crippen molar-refractivity contribution in [2.45, 2.75) is 19.8 Å². The Morgan fingerprint density at radius 3 is 2.76 bits per heavy atom. The molecule has 1 amide bonds. The lowest BCUT2D eigenvalue weighted by Gasteiger charge is -2.20. The van der Waals surface area contributed by atoms with Crippen LogP contribution in [0.15, 0.2) is 5.51 Å². The van der Waals surface area contributed by atoms with E-state index in [9.17, 15) is 9.90 Å². The summed E-state index contributed by atoms with van der Waals surface area (Å²) in [6.07, 6.45) is 1.31. The van der Waals surface area contributed by atoms with Crippen LogP contribution in [-0.4, -0.2) is 66.1 Å². The Morgan fingerprint density at radius 2 is 2.19 bits per heavy atom. The number of amides is 1. The molecule has 118 valence electrons. The molecule has 1 aromatic heterocycles. The molecule has 1 fully saturated rings. The molecule has 1 N–H and O–H groups in total. The van der Waals surface area contributed by atoms with Crippen molar-refractivity contribution in [2.75, 3.05) is 40.3 Å². The predicted octanol–water partition coefficient (Wildman–Crippen LogP) is 1.01. The Morgan fingerprint density at radius 1 is 1.48 bits per heavy atom. The van der Waals surface area contributed by atoms with Crippen molar-refractivity contribution in [1.82, 2.24) is 14.8 Å². The zero-order valence-corrected chi connectivity index (χ0v) is 13.9. The molecule has 21 heavy (non-hydrogen) atoms. The zero-order chi connectivity index (χ0) is 15.4. The van der Waals surface area contributed by atoms with Crippen molar-refractivity contribution in [2.24, 2.45) is 11.8 Å². The van der Waals surface area contributed by atoms with Gasteiger partial charge in [0.25, 0.3) is 0 Å². The second kappa shape index (κ2) is 7.33. The van der Waals surface area contributed by atoms with Gasteiger partial charge in [-0.15, -0.1) is 11.3 Å². The lowest BCUT2D eigenvalue weighted by Crippen LogP contribution is -2.30. The fourth-order valence-corrected chi connectivity index (χ4v) is 3.75. The van der Waals surface area contributed by atoms with E-state index in [1.807, 2.05) is 31.4 Å². The lowest BCUT2D eigenvalue weighted by atomic mass is 9.97.